The van der Waals surface area contributed by atoms with E-state index in [1.807, 2.05) is 0 Å². The van der Waals surface area contributed by atoms with E-state index in [2.05, 4.69) is 0 Å². The standard InChI is InChI=1S/C3H6Cl2OS/c4-2-1-3-7(5)6/h1-3H2. The molecule has 0 saturated carbocycles. The molecule has 0 aliphatic rings. The maximum Gasteiger partial charge on any atom is 0.174 e. The van der Waals surface area contributed by atoms with Crippen LogP contribution in [0.4, 0.5) is 0 Å². The second kappa shape index (κ2) is 5.04. The second-order valence-corrected chi connectivity index (χ2v) is 3.44. The van der Waals surface area contributed by atoms with Gasteiger partial charge in [0.25, 0.3) is 0 Å². The van der Waals surface area contributed by atoms with E-state index in [0.717, 1.165) is 6.42 Å². The first-order valence-corrected chi connectivity index (χ1v) is 4.56. The molecular formula is C3H6Cl2OS. The number of alkyl halides is 1. The van der Waals surface area contributed by atoms with Gasteiger partial charge in [0.15, 0.2) is 10.7 Å². The van der Waals surface area contributed by atoms with Gasteiger partial charge in [-0.2, -0.15) is 0 Å². The quantitative estimate of drug-likeness (QED) is 0.454. The monoisotopic (exact) mass is 160 g/mol. The molecule has 0 aromatic rings. The predicted molar refractivity (Wildman–Crippen MR) is 34.2 cm³/mol. The molecule has 0 aromatic carbocycles. The van der Waals surface area contributed by atoms with Crippen LogP contribution in [0.2, 0.25) is 0 Å². The van der Waals surface area contributed by atoms with Gasteiger partial charge in [0.2, 0.25) is 0 Å². The highest BCUT2D eigenvalue weighted by Crippen LogP contribution is 1.98. The Morgan fingerprint density at radius 1 is 1.57 bits per heavy atom. The van der Waals surface area contributed by atoms with Gasteiger partial charge in [0.05, 0.1) is 10.4 Å². The number of hydrogen-bond donors (Lipinski definition) is 0. The van der Waals surface area contributed by atoms with E-state index in [0.29, 0.717) is 11.6 Å². The maximum absolute atomic E-state index is 10.0. The van der Waals surface area contributed by atoms with Crippen LogP contribution >= 0.6 is 22.3 Å². The first-order valence-electron chi connectivity index (χ1n) is 1.88. The van der Waals surface area contributed by atoms with Crippen LogP contribution in [0.25, 0.3) is 0 Å². The minimum Gasteiger partial charge on any atom is -0.599 e. The molecule has 1 nitrogen and oxygen atoms in total. The summed E-state index contributed by atoms with van der Waals surface area (Å²) < 4.78 is 10.0. The summed E-state index contributed by atoms with van der Waals surface area (Å²) in [6.07, 6.45) is 0.734. The Kier molecular flexibility index (Phi) is 5.68. The van der Waals surface area contributed by atoms with Gasteiger partial charge in [-0.25, -0.2) is 0 Å². The van der Waals surface area contributed by atoms with Gasteiger partial charge in [-0.05, 0) is 0 Å². The average molecular weight is 161 g/mol. The molecule has 0 rings (SSSR count). The summed E-state index contributed by atoms with van der Waals surface area (Å²) in [6.45, 7) is 0. The fourth-order valence-electron chi connectivity index (χ4n) is 0.168. The van der Waals surface area contributed by atoms with E-state index in [4.69, 9.17) is 22.3 Å². The fraction of sp³-hybridized carbons (Fsp3) is 1.00. The third kappa shape index (κ3) is 6.89. The Morgan fingerprint density at radius 2 is 2.14 bits per heavy atom. The van der Waals surface area contributed by atoms with Gasteiger partial charge >= 0.3 is 0 Å². The second-order valence-electron chi connectivity index (χ2n) is 1.04. The van der Waals surface area contributed by atoms with Crippen molar-refractivity contribution < 1.29 is 4.55 Å². The van der Waals surface area contributed by atoms with Gasteiger partial charge in [0, 0.05) is 12.3 Å². The van der Waals surface area contributed by atoms with Gasteiger partial charge in [-0.15, -0.1) is 11.6 Å². The molecule has 0 fully saturated rings. The van der Waals surface area contributed by atoms with E-state index in [1.165, 1.54) is 0 Å². The highest BCUT2D eigenvalue weighted by atomic mass is 35.7. The summed E-state index contributed by atoms with van der Waals surface area (Å²) >= 11 is 5.25. The van der Waals surface area contributed by atoms with Crippen LogP contribution in [0.1, 0.15) is 6.42 Å². The van der Waals surface area contributed by atoms with Gasteiger partial charge in [-0.1, -0.05) is 0 Å². The predicted octanol–water partition coefficient (Wildman–Crippen LogP) is 1.52. The summed E-state index contributed by atoms with van der Waals surface area (Å²) in [7, 11) is 3.89. The van der Waals surface area contributed by atoms with E-state index < -0.39 is 10.4 Å². The van der Waals surface area contributed by atoms with Crippen molar-refractivity contribution in [1.82, 2.24) is 0 Å². The zero-order valence-electron chi connectivity index (χ0n) is 3.69. The molecule has 0 radical (unpaired) electrons. The number of hydrogen-bond acceptors (Lipinski definition) is 1. The molecule has 1 atom stereocenters. The van der Waals surface area contributed by atoms with Crippen molar-refractivity contribution in [2.75, 3.05) is 11.6 Å². The van der Waals surface area contributed by atoms with Crippen molar-refractivity contribution in [3.8, 4) is 0 Å². The fourth-order valence-corrected chi connectivity index (χ4v) is 1.16. The summed E-state index contributed by atoms with van der Waals surface area (Å²) in [5, 5.41) is 0. The van der Waals surface area contributed by atoms with Crippen molar-refractivity contribution >= 4 is 32.7 Å². The normalized spacial score (nSPS) is 14.1. The molecule has 0 saturated heterocycles. The van der Waals surface area contributed by atoms with E-state index >= 15 is 0 Å². The van der Waals surface area contributed by atoms with Crippen LogP contribution in [-0.2, 0) is 10.4 Å². The van der Waals surface area contributed by atoms with Crippen molar-refractivity contribution in [3.05, 3.63) is 0 Å². The molecule has 0 amide bonds. The Balaban J connectivity index is 2.68. The Morgan fingerprint density at radius 3 is 2.29 bits per heavy atom. The molecule has 0 heterocycles. The molecule has 0 spiro atoms. The van der Waals surface area contributed by atoms with Gasteiger partial charge < -0.3 is 4.55 Å². The lowest BCUT2D eigenvalue weighted by Gasteiger charge is -1.94. The topological polar surface area (TPSA) is 23.1 Å². The minimum absolute atomic E-state index is 0.505. The van der Waals surface area contributed by atoms with Gasteiger partial charge in [0.1, 0.15) is 5.75 Å². The molecule has 44 valence electrons. The summed E-state index contributed by atoms with van der Waals surface area (Å²) in [4.78, 5) is 0. The highest BCUT2D eigenvalue weighted by Gasteiger charge is 1.97. The zero-order chi connectivity index (χ0) is 5.70. The lowest BCUT2D eigenvalue weighted by Crippen LogP contribution is -1.96. The molecule has 0 aliphatic heterocycles. The number of halogens is 2. The average Bonchev–Trinajstić information content (AvgIpc) is 1.61. The van der Waals surface area contributed by atoms with Crippen molar-refractivity contribution in [2.24, 2.45) is 0 Å². The van der Waals surface area contributed by atoms with Crippen LogP contribution in [0.15, 0.2) is 0 Å². The first-order chi connectivity index (χ1) is 3.27. The summed E-state index contributed by atoms with van der Waals surface area (Å²) in [5.74, 6) is 1.05. The van der Waals surface area contributed by atoms with E-state index in [9.17, 15) is 4.55 Å². The molecular weight excluding hydrogens is 155 g/mol. The van der Waals surface area contributed by atoms with Crippen molar-refractivity contribution in [3.63, 3.8) is 0 Å². The van der Waals surface area contributed by atoms with Crippen molar-refractivity contribution in [2.45, 2.75) is 6.42 Å². The Bertz CT molecular complexity index is 41.9. The first kappa shape index (κ1) is 7.89. The molecule has 0 aliphatic carbocycles. The summed E-state index contributed by atoms with van der Waals surface area (Å²) in [5.41, 5.74) is 0. The summed E-state index contributed by atoms with van der Waals surface area (Å²) in [6, 6.07) is 0. The lowest BCUT2D eigenvalue weighted by molar-refractivity contribution is 0.607. The minimum atomic E-state index is -1.18. The maximum atomic E-state index is 10.0. The van der Waals surface area contributed by atoms with Crippen LogP contribution in [0, 0.1) is 0 Å². The molecule has 0 N–H and O–H groups in total. The molecule has 1 unspecified atom stereocenters. The third-order valence-corrected chi connectivity index (χ3v) is 1.78. The van der Waals surface area contributed by atoms with E-state index in [-0.39, 0.29) is 0 Å². The molecule has 4 heteroatoms. The molecule has 7 heavy (non-hydrogen) atoms. The SMILES string of the molecule is [O-][S+](Cl)CCCCl. The Hall–Kier alpha value is 0.890. The van der Waals surface area contributed by atoms with Crippen LogP contribution < -0.4 is 0 Å². The third-order valence-electron chi connectivity index (χ3n) is 0.438. The van der Waals surface area contributed by atoms with Crippen LogP contribution in [0.3, 0.4) is 0 Å². The molecule has 0 bridgehead atoms. The molecule has 0 aromatic heterocycles. The Labute approximate surface area is 55.7 Å². The highest BCUT2D eigenvalue weighted by molar-refractivity contribution is 8.13. The van der Waals surface area contributed by atoms with E-state index in [1.54, 1.807) is 0 Å². The lowest BCUT2D eigenvalue weighted by atomic mass is 10.6. The van der Waals surface area contributed by atoms with Crippen molar-refractivity contribution in [1.29, 1.82) is 0 Å². The zero-order valence-corrected chi connectivity index (χ0v) is 6.02. The number of rotatable bonds is 3. The smallest absolute Gasteiger partial charge is 0.174 e. The van der Waals surface area contributed by atoms with Gasteiger partial charge in [-0.3, -0.25) is 0 Å². The largest absolute Gasteiger partial charge is 0.599 e. The van der Waals surface area contributed by atoms with Crippen LogP contribution in [0.5, 0.6) is 0 Å². The van der Waals surface area contributed by atoms with Crippen LogP contribution in [-0.4, -0.2) is 16.2 Å².